The molecule has 0 aliphatic heterocycles. The molecular weight excluding hydrogens is 342 g/mol. The van der Waals surface area contributed by atoms with E-state index in [2.05, 4.69) is 15.5 Å². The average molecular weight is 361 g/mol. The topological polar surface area (TPSA) is 80.1 Å². The first-order chi connectivity index (χ1) is 13.2. The van der Waals surface area contributed by atoms with Crippen molar-refractivity contribution < 1.29 is 14.1 Å². The molecule has 27 heavy (non-hydrogen) atoms. The highest BCUT2D eigenvalue weighted by molar-refractivity contribution is 6.11. The van der Waals surface area contributed by atoms with Gasteiger partial charge in [-0.1, -0.05) is 29.4 Å². The van der Waals surface area contributed by atoms with Gasteiger partial charge >= 0.3 is 0 Å². The fraction of sp³-hybridized carbons (Fsp3) is 0.143. The van der Waals surface area contributed by atoms with Crippen LogP contribution < -0.4 is 10.1 Å². The number of rotatable bonds is 6. The van der Waals surface area contributed by atoms with E-state index in [4.69, 9.17) is 9.26 Å². The highest BCUT2D eigenvalue weighted by Crippen LogP contribution is 2.28. The van der Waals surface area contributed by atoms with Crippen LogP contribution in [-0.2, 0) is 0 Å². The van der Waals surface area contributed by atoms with E-state index in [-0.39, 0.29) is 5.78 Å². The van der Waals surface area contributed by atoms with Crippen LogP contribution in [0.5, 0.6) is 5.75 Å². The number of fused-ring (bicyclic) bond motifs is 1. The van der Waals surface area contributed by atoms with Crippen LogP contribution in [-0.4, -0.2) is 23.0 Å². The maximum atomic E-state index is 13.4. The lowest BCUT2D eigenvalue weighted by atomic mass is 10.0. The second-order valence-corrected chi connectivity index (χ2v) is 6.28. The number of hydrogen-bond donors (Lipinski definition) is 2. The molecule has 2 aromatic carbocycles. The van der Waals surface area contributed by atoms with Crippen molar-refractivity contribution in [1.82, 2.24) is 10.1 Å². The summed E-state index contributed by atoms with van der Waals surface area (Å²) in [5, 5.41) is 8.21. The summed E-state index contributed by atoms with van der Waals surface area (Å²) in [5.74, 6) is 1.26. The Kier molecular flexibility index (Phi) is 4.38. The number of Topliss-reactive ketones (excluding diaryl/α,β-unsaturated/α-hetero) is 1. The van der Waals surface area contributed by atoms with Crippen LogP contribution in [0.3, 0.4) is 0 Å². The first-order valence-electron chi connectivity index (χ1n) is 8.60. The molecule has 0 bridgehead atoms. The Labute approximate surface area is 156 Å². The van der Waals surface area contributed by atoms with E-state index in [1.807, 2.05) is 48.5 Å². The van der Waals surface area contributed by atoms with Crippen molar-refractivity contribution in [3.05, 3.63) is 77.8 Å². The minimum Gasteiger partial charge on any atom is -0.497 e. The Morgan fingerprint density at radius 1 is 1.19 bits per heavy atom. The number of nitrogens with one attached hydrogen (secondary N) is 2. The highest BCUT2D eigenvalue weighted by Gasteiger charge is 2.27. The number of nitrogens with zero attached hydrogens (tertiary/aromatic N) is 1. The summed E-state index contributed by atoms with van der Waals surface area (Å²) < 4.78 is 10.5. The van der Waals surface area contributed by atoms with Crippen molar-refractivity contribution in [3.8, 4) is 5.75 Å². The van der Waals surface area contributed by atoms with Crippen LogP contribution in [0.25, 0.3) is 10.9 Å². The Bertz CT molecular complexity index is 1100. The van der Waals surface area contributed by atoms with E-state index >= 15 is 0 Å². The molecule has 1 atom stereocenters. The summed E-state index contributed by atoms with van der Waals surface area (Å²) in [4.78, 5) is 16.5. The molecule has 0 aliphatic rings. The number of benzene rings is 2. The fourth-order valence-electron chi connectivity index (χ4n) is 3.11. The van der Waals surface area contributed by atoms with Crippen molar-refractivity contribution in [3.63, 3.8) is 0 Å². The molecule has 0 amide bonds. The third-order valence-electron chi connectivity index (χ3n) is 4.44. The van der Waals surface area contributed by atoms with E-state index in [9.17, 15) is 4.79 Å². The second-order valence-electron chi connectivity index (χ2n) is 6.28. The zero-order valence-electron chi connectivity index (χ0n) is 15.0. The van der Waals surface area contributed by atoms with E-state index in [1.54, 1.807) is 26.3 Å². The number of anilines is 1. The third-order valence-corrected chi connectivity index (χ3v) is 4.44. The third kappa shape index (κ3) is 3.29. The quantitative estimate of drug-likeness (QED) is 0.494. The van der Waals surface area contributed by atoms with E-state index < -0.39 is 6.04 Å². The van der Waals surface area contributed by atoms with Gasteiger partial charge in [0.2, 0.25) is 0 Å². The molecule has 2 N–H and O–H groups in total. The molecule has 6 nitrogen and oxygen atoms in total. The molecule has 6 heteroatoms. The predicted octanol–water partition coefficient (Wildman–Crippen LogP) is 4.51. The molecule has 0 fully saturated rings. The number of carbonyl (C=O) groups excluding carboxylic acids is 1. The Morgan fingerprint density at radius 3 is 2.81 bits per heavy atom. The van der Waals surface area contributed by atoms with Gasteiger partial charge in [0.05, 0.1) is 7.11 Å². The predicted molar refractivity (Wildman–Crippen MR) is 103 cm³/mol. The minimum absolute atomic E-state index is 0.0939. The number of hydrogen-bond acceptors (Lipinski definition) is 5. The molecule has 0 aliphatic carbocycles. The van der Waals surface area contributed by atoms with Crippen molar-refractivity contribution in [1.29, 1.82) is 0 Å². The number of ketones is 1. The number of methoxy groups -OCH3 is 1. The first kappa shape index (κ1) is 16.9. The molecule has 4 rings (SSSR count). The molecule has 0 saturated heterocycles. The van der Waals surface area contributed by atoms with Crippen molar-refractivity contribution in [2.24, 2.45) is 0 Å². The van der Waals surface area contributed by atoms with Gasteiger partial charge in [-0.05, 0) is 25.1 Å². The van der Waals surface area contributed by atoms with Gasteiger partial charge in [0, 0.05) is 40.5 Å². The number of carbonyl (C=O) groups is 1. The molecule has 0 saturated carbocycles. The smallest absolute Gasteiger partial charge is 0.193 e. The number of H-pyrrole nitrogens is 1. The highest BCUT2D eigenvalue weighted by atomic mass is 16.5. The molecule has 2 aromatic heterocycles. The molecule has 136 valence electrons. The van der Waals surface area contributed by atoms with Crippen molar-refractivity contribution in [2.45, 2.75) is 13.0 Å². The number of ether oxygens (including phenoxy) is 1. The maximum absolute atomic E-state index is 13.4. The zero-order chi connectivity index (χ0) is 18.8. The number of aryl methyl sites for hydroxylation is 1. The summed E-state index contributed by atoms with van der Waals surface area (Å²) in [7, 11) is 1.61. The van der Waals surface area contributed by atoms with E-state index in [0.29, 0.717) is 22.8 Å². The monoisotopic (exact) mass is 361 g/mol. The van der Waals surface area contributed by atoms with Gasteiger partial charge < -0.3 is 19.6 Å². The SMILES string of the molecule is COc1cccc(NC(C(=O)c2c[nH]c3ccccc23)c2cc(C)on2)c1. The van der Waals surface area contributed by atoms with Crippen LogP contribution in [0.2, 0.25) is 0 Å². The largest absolute Gasteiger partial charge is 0.497 e. The van der Waals surface area contributed by atoms with Gasteiger partial charge in [0.15, 0.2) is 5.78 Å². The molecule has 1 unspecified atom stereocenters. The summed E-state index contributed by atoms with van der Waals surface area (Å²) in [6.45, 7) is 1.80. The summed E-state index contributed by atoms with van der Waals surface area (Å²) >= 11 is 0. The standard InChI is InChI=1S/C21H19N3O3/c1-13-10-19(24-27-13)20(23-14-6-5-7-15(11-14)26-2)21(25)17-12-22-18-9-4-3-8-16(17)18/h3-12,20,22-23H,1-2H3. The normalized spacial score (nSPS) is 12.1. The number of para-hydroxylation sites is 1. The summed E-state index contributed by atoms with van der Waals surface area (Å²) in [6, 6.07) is 16.2. The molecular formula is C21H19N3O3. The zero-order valence-corrected chi connectivity index (χ0v) is 15.0. The Morgan fingerprint density at radius 2 is 2.04 bits per heavy atom. The second kappa shape index (κ2) is 6.99. The minimum atomic E-state index is -0.686. The van der Waals surface area contributed by atoms with Gasteiger partial charge in [-0.3, -0.25) is 4.79 Å². The van der Waals surface area contributed by atoms with Crippen molar-refractivity contribution >= 4 is 22.4 Å². The fourth-order valence-corrected chi connectivity index (χ4v) is 3.11. The average Bonchev–Trinajstić information content (AvgIpc) is 3.32. The van der Waals surface area contributed by atoms with Crippen LogP contribution in [0.4, 0.5) is 5.69 Å². The summed E-state index contributed by atoms with van der Waals surface area (Å²) in [5.41, 5.74) is 2.81. The lowest BCUT2D eigenvalue weighted by molar-refractivity contribution is 0.0968. The van der Waals surface area contributed by atoms with Crippen LogP contribution in [0, 0.1) is 6.92 Å². The van der Waals surface area contributed by atoms with Gasteiger partial charge in [0.1, 0.15) is 23.2 Å². The number of aromatic nitrogens is 2. The maximum Gasteiger partial charge on any atom is 0.193 e. The summed E-state index contributed by atoms with van der Waals surface area (Å²) in [6.07, 6.45) is 1.74. The lowest BCUT2D eigenvalue weighted by Crippen LogP contribution is -2.21. The van der Waals surface area contributed by atoms with Crippen LogP contribution in [0.1, 0.15) is 27.9 Å². The van der Waals surface area contributed by atoms with Crippen molar-refractivity contribution in [2.75, 3.05) is 12.4 Å². The van der Waals surface area contributed by atoms with E-state index in [0.717, 1.165) is 16.6 Å². The van der Waals surface area contributed by atoms with Gasteiger partial charge in [-0.25, -0.2) is 0 Å². The molecule has 0 spiro atoms. The van der Waals surface area contributed by atoms with Gasteiger partial charge in [0.25, 0.3) is 0 Å². The molecule has 4 aromatic rings. The Hall–Kier alpha value is -3.54. The van der Waals surface area contributed by atoms with Gasteiger partial charge in [-0.2, -0.15) is 0 Å². The number of aromatic amines is 1. The molecule has 2 heterocycles. The molecule has 0 radical (unpaired) electrons. The lowest BCUT2D eigenvalue weighted by Gasteiger charge is -2.17. The van der Waals surface area contributed by atoms with Crippen LogP contribution in [0.15, 0.2) is 65.3 Å². The van der Waals surface area contributed by atoms with Gasteiger partial charge in [-0.15, -0.1) is 0 Å². The van der Waals surface area contributed by atoms with E-state index in [1.165, 1.54) is 0 Å². The van der Waals surface area contributed by atoms with Crippen LogP contribution >= 0.6 is 0 Å². The Balaban J connectivity index is 1.74. The first-order valence-corrected chi connectivity index (χ1v) is 8.60.